The van der Waals surface area contributed by atoms with Crippen LogP contribution in [0.4, 0.5) is 10.1 Å². The fourth-order valence-corrected chi connectivity index (χ4v) is 1.61. The molecule has 5 nitrogen and oxygen atoms in total. The van der Waals surface area contributed by atoms with Gasteiger partial charge in [-0.2, -0.15) is 0 Å². The molecule has 0 unspecified atom stereocenters. The highest BCUT2D eigenvalue weighted by atomic mass is 19.1. The fraction of sp³-hybridized carbons (Fsp3) is 0. The first kappa shape index (κ1) is 11.8. The third-order valence-corrected chi connectivity index (χ3v) is 2.47. The Labute approximate surface area is 101 Å². The highest BCUT2D eigenvalue weighted by molar-refractivity contribution is 5.77. The lowest BCUT2D eigenvalue weighted by Gasteiger charge is -2.06. The molecule has 0 aliphatic heterocycles. The molecule has 0 aliphatic carbocycles. The van der Waals surface area contributed by atoms with E-state index in [-0.39, 0.29) is 5.56 Å². The lowest BCUT2D eigenvalue weighted by molar-refractivity contribution is -0.386. The van der Waals surface area contributed by atoms with Crippen molar-refractivity contribution >= 4 is 5.69 Å². The van der Waals surface area contributed by atoms with Crippen LogP contribution in [0.25, 0.3) is 11.1 Å². The zero-order valence-corrected chi connectivity index (χ0v) is 9.00. The lowest BCUT2D eigenvalue weighted by Crippen LogP contribution is -1.91. The van der Waals surface area contributed by atoms with Gasteiger partial charge in [-0.05, 0) is 29.8 Å². The number of nitro benzene ring substituents is 1. The van der Waals surface area contributed by atoms with Crippen molar-refractivity contribution in [3.05, 3.63) is 52.3 Å². The Balaban J connectivity index is 2.62. The Morgan fingerprint density at radius 2 is 1.67 bits per heavy atom. The van der Waals surface area contributed by atoms with Gasteiger partial charge >= 0.3 is 5.69 Å². The molecule has 0 saturated heterocycles. The molecule has 2 aromatic carbocycles. The summed E-state index contributed by atoms with van der Waals surface area (Å²) in [6.07, 6.45) is 0. The summed E-state index contributed by atoms with van der Waals surface area (Å²) in [5.41, 5.74) is -0.201. The molecule has 0 amide bonds. The molecule has 0 atom stereocenters. The number of rotatable bonds is 2. The molecule has 18 heavy (non-hydrogen) atoms. The SMILES string of the molecule is O=[N+]([O-])c1c(O)ccc(-c2ccc(F)cc2)c1O. The normalized spacial score (nSPS) is 10.3. The van der Waals surface area contributed by atoms with Crippen LogP contribution in [0.3, 0.4) is 0 Å². The number of halogens is 1. The standard InChI is InChI=1S/C12H8FNO4/c13-8-3-1-7(2-4-8)9-5-6-10(15)11(12(9)16)14(17)18/h1-6,15-16H. The van der Waals surface area contributed by atoms with Gasteiger partial charge in [-0.1, -0.05) is 12.1 Å². The van der Waals surface area contributed by atoms with Crippen molar-refractivity contribution in [3.63, 3.8) is 0 Å². The van der Waals surface area contributed by atoms with Crippen LogP contribution in [0.2, 0.25) is 0 Å². The summed E-state index contributed by atoms with van der Waals surface area (Å²) in [6, 6.07) is 7.54. The van der Waals surface area contributed by atoms with E-state index in [0.717, 1.165) is 6.07 Å². The van der Waals surface area contributed by atoms with Gasteiger partial charge in [-0.25, -0.2) is 4.39 Å². The molecule has 0 aliphatic rings. The van der Waals surface area contributed by atoms with Gasteiger partial charge in [0.2, 0.25) is 5.75 Å². The van der Waals surface area contributed by atoms with E-state index in [2.05, 4.69) is 0 Å². The molecule has 0 fully saturated rings. The summed E-state index contributed by atoms with van der Waals surface area (Å²) in [4.78, 5) is 9.83. The molecule has 0 radical (unpaired) electrons. The minimum absolute atomic E-state index is 0.152. The summed E-state index contributed by atoms with van der Waals surface area (Å²) < 4.78 is 12.8. The van der Waals surface area contributed by atoms with Crippen LogP contribution in [0.1, 0.15) is 0 Å². The summed E-state index contributed by atoms with van der Waals surface area (Å²) in [5.74, 6) is -1.72. The van der Waals surface area contributed by atoms with Gasteiger partial charge in [0.25, 0.3) is 0 Å². The number of hydrogen-bond donors (Lipinski definition) is 2. The second kappa shape index (κ2) is 4.33. The van der Waals surface area contributed by atoms with Gasteiger partial charge in [0, 0.05) is 5.56 Å². The van der Waals surface area contributed by atoms with E-state index in [4.69, 9.17) is 0 Å². The highest BCUT2D eigenvalue weighted by Gasteiger charge is 2.23. The number of benzene rings is 2. The van der Waals surface area contributed by atoms with Crippen molar-refractivity contribution in [1.29, 1.82) is 0 Å². The highest BCUT2D eigenvalue weighted by Crippen LogP contribution is 2.42. The maximum atomic E-state index is 12.8. The van der Waals surface area contributed by atoms with E-state index >= 15 is 0 Å². The second-order valence-corrected chi connectivity index (χ2v) is 3.59. The van der Waals surface area contributed by atoms with Gasteiger partial charge in [0.1, 0.15) is 5.82 Å². The van der Waals surface area contributed by atoms with E-state index < -0.39 is 27.9 Å². The Morgan fingerprint density at radius 1 is 1.06 bits per heavy atom. The molecule has 0 heterocycles. The van der Waals surface area contributed by atoms with Gasteiger partial charge in [0.15, 0.2) is 5.75 Å². The topological polar surface area (TPSA) is 83.6 Å². The van der Waals surface area contributed by atoms with Crippen LogP contribution in [0, 0.1) is 15.9 Å². The first-order valence-corrected chi connectivity index (χ1v) is 4.96. The number of aromatic hydroxyl groups is 2. The Kier molecular flexibility index (Phi) is 2.85. The second-order valence-electron chi connectivity index (χ2n) is 3.59. The van der Waals surface area contributed by atoms with Crippen molar-refractivity contribution in [2.24, 2.45) is 0 Å². The van der Waals surface area contributed by atoms with Crippen LogP contribution in [-0.4, -0.2) is 15.1 Å². The van der Waals surface area contributed by atoms with Crippen LogP contribution >= 0.6 is 0 Å². The summed E-state index contributed by atoms with van der Waals surface area (Å²) in [5, 5.41) is 29.8. The molecule has 2 rings (SSSR count). The van der Waals surface area contributed by atoms with Crippen LogP contribution < -0.4 is 0 Å². The zero-order chi connectivity index (χ0) is 13.3. The molecule has 0 saturated carbocycles. The maximum Gasteiger partial charge on any atom is 0.352 e. The van der Waals surface area contributed by atoms with E-state index in [0.29, 0.717) is 5.56 Å². The van der Waals surface area contributed by atoms with Gasteiger partial charge in [0.05, 0.1) is 4.92 Å². The predicted octanol–water partition coefficient (Wildman–Crippen LogP) is 2.81. The van der Waals surface area contributed by atoms with Crippen molar-refractivity contribution < 1.29 is 19.5 Å². The molecule has 0 spiro atoms. The number of hydrogen-bond acceptors (Lipinski definition) is 4. The van der Waals surface area contributed by atoms with Crippen LogP contribution in [-0.2, 0) is 0 Å². The molecule has 0 bridgehead atoms. The third kappa shape index (κ3) is 1.95. The van der Waals surface area contributed by atoms with Crippen LogP contribution in [0.5, 0.6) is 11.5 Å². The Morgan fingerprint density at radius 3 is 2.22 bits per heavy atom. The molecule has 2 N–H and O–H groups in total. The molecule has 6 heteroatoms. The van der Waals surface area contributed by atoms with E-state index in [1.54, 1.807) is 0 Å². The number of phenolic OH excluding ortho intramolecular Hbond substituents is 2. The zero-order valence-electron chi connectivity index (χ0n) is 9.00. The molecule has 0 aromatic heterocycles. The number of nitro groups is 1. The quantitative estimate of drug-likeness (QED) is 0.633. The Hall–Kier alpha value is -2.63. The minimum atomic E-state index is -0.877. The van der Waals surface area contributed by atoms with Crippen LogP contribution in [0.15, 0.2) is 36.4 Å². The summed E-state index contributed by atoms with van der Waals surface area (Å²) in [6.45, 7) is 0. The lowest BCUT2D eigenvalue weighted by atomic mass is 10.0. The summed E-state index contributed by atoms with van der Waals surface area (Å²) in [7, 11) is 0. The third-order valence-electron chi connectivity index (χ3n) is 2.47. The van der Waals surface area contributed by atoms with Gasteiger partial charge in [-0.15, -0.1) is 0 Å². The average Bonchev–Trinajstić information content (AvgIpc) is 2.30. The van der Waals surface area contributed by atoms with Gasteiger partial charge < -0.3 is 10.2 Å². The smallest absolute Gasteiger partial charge is 0.352 e. The van der Waals surface area contributed by atoms with E-state index in [1.807, 2.05) is 0 Å². The van der Waals surface area contributed by atoms with E-state index in [1.165, 1.54) is 30.3 Å². The molecule has 2 aromatic rings. The largest absolute Gasteiger partial charge is 0.502 e. The van der Waals surface area contributed by atoms with Crippen molar-refractivity contribution in [1.82, 2.24) is 0 Å². The first-order chi connectivity index (χ1) is 8.50. The van der Waals surface area contributed by atoms with Gasteiger partial charge in [-0.3, -0.25) is 10.1 Å². The predicted molar refractivity (Wildman–Crippen MR) is 61.8 cm³/mol. The fourth-order valence-electron chi connectivity index (χ4n) is 1.61. The maximum absolute atomic E-state index is 12.8. The van der Waals surface area contributed by atoms with Crippen molar-refractivity contribution in [2.45, 2.75) is 0 Å². The number of nitrogens with zero attached hydrogens (tertiary/aromatic N) is 1. The monoisotopic (exact) mass is 249 g/mol. The molecular formula is C12H8FNO4. The molecule has 92 valence electrons. The average molecular weight is 249 g/mol. The summed E-state index contributed by atoms with van der Waals surface area (Å²) >= 11 is 0. The first-order valence-electron chi connectivity index (χ1n) is 4.96. The minimum Gasteiger partial charge on any atom is -0.502 e. The van der Waals surface area contributed by atoms with E-state index in [9.17, 15) is 24.7 Å². The van der Waals surface area contributed by atoms with Crippen molar-refractivity contribution in [2.75, 3.05) is 0 Å². The Bertz CT molecular complexity index is 610. The van der Waals surface area contributed by atoms with Crippen molar-refractivity contribution in [3.8, 4) is 22.6 Å². The number of phenols is 2. The molecular weight excluding hydrogens is 241 g/mol.